The molecule has 1 aromatic rings. The number of thiophene rings is 1. The van der Waals surface area contributed by atoms with Crippen LogP contribution < -0.4 is 0 Å². The lowest BCUT2D eigenvalue weighted by Gasteiger charge is -1.99. The first-order valence-corrected chi connectivity index (χ1v) is 5.97. The molecule has 7 heteroatoms. The number of nitrogens with zero attached hydrogens (tertiary/aromatic N) is 3. The summed E-state index contributed by atoms with van der Waals surface area (Å²) >= 11 is 4.73. The minimum absolute atomic E-state index is 0.0429. The lowest BCUT2D eigenvalue weighted by atomic mass is 10.3. The van der Waals surface area contributed by atoms with Gasteiger partial charge in [0.1, 0.15) is 5.70 Å². The minimum Gasteiger partial charge on any atom is -0.462 e. The minimum atomic E-state index is -0.621. The van der Waals surface area contributed by atoms with Crippen molar-refractivity contribution in [2.24, 2.45) is 5.11 Å². The quantitative estimate of drug-likeness (QED) is 0.279. The van der Waals surface area contributed by atoms with Gasteiger partial charge in [0, 0.05) is 9.79 Å². The number of halogens is 1. The molecule has 5 nitrogen and oxygen atoms in total. The van der Waals surface area contributed by atoms with Crippen LogP contribution in [0.3, 0.4) is 0 Å². The number of hydrogen-bond acceptors (Lipinski definition) is 4. The molecule has 1 heterocycles. The van der Waals surface area contributed by atoms with Gasteiger partial charge in [-0.15, -0.1) is 11.3 Å². The summed E-state index contributed by atoms with van der Waals surface area (Å²) in [4.78, 5) is 14.8. The van der Waals surface area contributed by atoms with E-state index >= 15 is 0 Å². The van der Waals surface area contributed by atoms with Crippen LogP contribution in [0.15, 0.2) is 26.7 Å². The van der Waals surface area contributed by atoms with Crippen molar-refractivity contribution >= 4 is 39.3 Å². The topological polar surface area (TPSA) is 75.1 Å². The molecule has 0 bridgehead atoms. The molecule has 0 atom stereocenters. The highest BCUT2D eigenvalue weighted by molar-refractivity contribution is 9.11. The van der Waals surface area contributed by atoms with E-state index in [9.17, 15) is 4.79 Å². The molecule has 0 spiro atoms. The lowest BCUT2D eigenvalue weighted by Crippen LogP contribution is -2.05. The van der Waals surface area contributed by atoms with Gasteiger partial charge in [-0.2, -0.15) is 0 Å². The van der Waals surface area contributed by atoms with Gasteiger partial charge in [-0.1, -0.05) is 5.11 Å². The predicted molar refractivity (Wildman–Crippen MR) is 65.8 cm³/mol. The molecule has 84 valence electrons. The summed E-state index contributed by atoms with van der Waals surface area (Å²) in [5.74, 6) is -0.621. The van der Waals surface area contributed by atoms with E-state index in [1.165, 1.54) is 17.4 Å². The third-order valence-electron chi connectivity index (χ3n) is 1.51. The van der Waals surface area contributed by atoms with E-state index in [4.69, 9.17) is 10.3 Å². The van der Waals surface area contributed by atoms with E-state index < -0.39 is 5.97 Å². The van der Waals surface area contributed by atoms with E-state index in [-0.39, 0.29) is 12.3 Å². The first kappa shape index (κ1) is 12.8. The summed E-state index contributed by atoms with van der Waals surface area (Å²) in [5, 5.41) is 3.31. The van der Waals surface area contributed by atoms with Crippen LogP contribution >= 0.6 is 27.3 Å². The van der Waals surface area contributed by atoms with Gasteiger partial charge in [-0.25, -0.2) is 4.79 Å². The zero-order valence-electron chi connectivity index (χ0n) is 8.38. The van der Waals surface area contributed by atoms with Crippen molar-refractivity contribution in [3.05, 3.63) is 36.9 Å². The number of azide groups is 1. The maximum Gasteiger partial charge on any atom is 0.340 e. The van der Waals surface area contributed by atoms with Gasteiger partial charge in [0.2, 0.25) is 0 Å². The molecule has 0 fully saturated rings. The monoisotopic (exact) mass is 301 g/mol. The average molecular weight is 302 g/mol. The molecule has 16 heavy (non-hydrogen) atoms. The van der Waals surface area contributed by atoms with Crippen molar-refractivity contribution in [3.8, 4) is 0 Å². The fourth-order valence-electron chi connectivity index (χ4n) is 0.922. The van der Waals surface area contributed by atoms with E-state index in [0.29, 0.717) is 0 Å². The Bertz CT molecular complexity index is 463. The zero-order chi connectivity index (χ0) is 12.0. The summed E-state index contributed by atoms with van der Waals surface area (Å²) in [5.41, 5.74) is 8.30. The maximum absolute atomic E-state index is 11.4. The van der Waals surface area contributed by atoms with E-state index in [2.05, 4.69) is 26.0 Å². The van der Waals surface area contributed by atoms with Crippen LogP contribution in [0.2, 0.25) is 0 Å². The Kier molecular flexibility index (Phi) is 5.04. The highest BCUT2D eigenvalue weighted by atomic mass is 79.9. The van der Waals surface area contributed by atoms with Crippen LogP contribution in [0, 0.1) is 0 Å². The number of carbonyl (C=O) groups is 1. The third-order valence-corrected chi connectivity index (χ3v) is 3.08. The lowest BCUT2D eigenvalue weighted by molar-refractivity contribution is -0.138. The van der Waals surface area contributed by atoms with Gasteiger partial charge in [0.15, 0.2) is 0 Å². The SMILES string of the molecule is CCOC(=O)C(=Cc1ccc(Br)s1)N=[N+]=[N-]. The number of ether oxygens (including phenoxy) is 1. The van der Waals surface area contributed by atoms with Crippen LogP contribution in [0.25, 0.3) is 16.5 Å². The molecule has 0 aliphatic carbocycles. The average Bonchev–Trinajstić information content (AvgIpc) is 2.64. The van der Waals surface area contributed by atoms with Crippen LogP contribution in [-0.4, -0.2) is 12.6 Å². The molecule has 0 aliphatic rings. The molecule has 0 saturated carbocycles. The maximum atomic E-state index is 11.4. The number of carbonyl (C=O) groups excluding carboxylic acids is 1. The van der Waals surface area contributed by atoms with Gasteiger partial charge < -0.3 is 4.74 Å². The Labute approximate surface area is 104 Å². The van der Waals surface area contributed by atoms with Crippen molar-refractivity contribution in [3.63, 3.8) is 0 Å². The second kappa shape index (κ2) is 6.32. The van der Waals surface area contributed by atoms with Crippen molar-refractivity contribution in [1.29, 1.82) is 0 Å². The molecule has 0 radical (unpaired) electrons. The summed E-state index contributed by atoms with van der Waals surface area (Å²) in [6.45, 7) is 1.93. The van der Waals surface area contributed by atoms with Crippen molar-refractivity contribution in [1.82, 2.24) is 0 Å². The highest BCUT2D eigenvalue weighted by Gasteiger charge is 2.09. The number of esters is 1. The van der Waals surface area contributed by atoms with Gasteiger partial charge in [-0.05, 0) is 46.6 Å². The molecular formula is C9H8BrN3O2S. The van der Waals surface area contributed by atoms with Crippen molar-refractivity contribution in [2.45, 2.75) is 6.92 Å². The Balaban J connectivity index is 2.97. The highest BCUT2D eigenvalue weighted by Crippen LogP contribution is 2.24. The molecule has 0 amide bonds. The van der Waals surface area contributed by atoms with Gasteiger partial charge in [0.25, 0.3) is 0 Å². The standard InChI is InChI=1S/C9H8BrN3O2S/c1-2-15-9(14)7(12-13-11)5-6-3-4-8(10)16-6/h3-5H,2H2,1H3. The Hall–Kier alpha value is -1.30. The summed E-state index contributed by atoms with van der Waals surface area (Å²) in [6, 6.07) is 3.65. The predicted octanol–water partition coefficient (Wildman–Crippen LogP) is 3.72. The first-order valence-electron chi connectivity index (χ1n) is 4.36. The Morgan fingerprint density at radius 3 is 3.00 bits per heavy atom. The number of hydrogen-bond donors (Lipinski definition) is 0. The molecular weight excluding hydrogens is 294 g/mol. The molecule has 0 aliphatic heterocycles. The van der Waals surface area contributed by atoms with Crippen LogP contribution in [-0.2, 0) is 9.53 Å². The fraction of sp³-hybridized carbons (Fsp3) is 0.222. The molecule has 0 unspecified atom stereocenters. The molecule has 1 aromatic heterocycles. The van der Waals surface area contributed by atoms with E-state index in [0.717, 1.165) is 8.66 Å². The second-order valence-corrected chi connectivity index (χ2v) is 5.08. The zero-order valence-corrected chi connectivity index (χ0v) is 10.8. The largest absolute Gasteiger partial charge is 0.462 e. The van der Waals surface area contributed by atoms with Crippen LogP contribution in [0.5, 0.6) is 0 Å². The first-order chi connectivity index (χ1) is 7.67. The van der Waals surface area contributed by atoms with Crippen LogP contribution in [0.4, 0.5) is 0 Å². The van der Waals surface area contributed by atoms with Crippen molar-refractivity contribution < 1.29 is 9.53 Å². The van der Waals surface area contributed by atoms with Gasteiger partial charge >= 0.3 is 5.97 Å². The fourth-order valence-corrected chi connectivity index (χ4v) is 2.28. The molecule has 0 aromatic carbocycles. The second-order valence-electron chi connectivity index (χ2n) is 2.58. The molecule has 0 saturated heterocycles. The Morgan fingerprint density at radius 2 is 2.50 bits per heavy atom. The molecule has 1 rings (SSSR count). The third kappa shape index (κ3) is 3.69. The normalized spacial score (nSPS) is 10.8. The van der Waals surface area contributed by atoms with E-state index in [1.807, 2.05) is 6.07 Å². The summed E-state index contributed by atoms with van der Waals surface area (Å²) in [6.07, 6.45) is 1.49. The van der Waals surface area contributed by atoms with Crippen molar-refractivity contribution in [2.75, 3.05) is 6.61 Å². The smallest absolute Gasteiger partial charge is 0.340 e. The van der Waals surface area contributed by atoms with Gasteiger partial charge in [-0.3, -0.25) is 0 Å². The van der Waals surface area contributed by atoms with E-state index in [1.54, 1.807) is 13.0 Å². The summed E-state index contributed by atoms with van der Waals surface area (Å²) in [7, 11) is 0. The summed E-state index contributed by atoms with van der Waals surface area (Å²) < 4.78 is 5.69. The van der Waals surface area contributed by atoms with Crippen LogP contribution in [0.1, 0.15) is 11.8 Å². The molecule has 0 N–H and O–H groups in total. The Morgan fingerprint density at radius 1 is 1.75 bits per heavy atom. The number of rotatable bonds is 4. The van der Waals surface area contributed by atoms with Gasteiger partial charge in [0.05, 0.1) is 10.4 Å².